The van der Waals surface area contributed by atoms with Crippen molar-refractivity contribution in [2.24, 2.45) is 0 Å². The summed E-state index contributed by atoms with van der Waals surface area (Å²) in [7, 11) is 0. The Morgan fingerprint density at radius 3 is 2.65 bits per heavy atom. The van der Waals surface area contributed by atoms with E-state index in [2.05, 4.69) is 22.2 Å². The maximum atomic E-state index is 5.77. The second kappa shape index (κ2) is 5.17. The van der Waals surface area contributed by atoms with Crippen molar-refractivity contribution in [3.05, 3.63) is 60.4 Å². The molecule has 1 aromatic carbocycles. The number of aromatic nitrogens is 2. The van der Waals surface area contributed by atoms with Crippen LogP contribution >= 0.6 is 0 Å². The molecule has 0 spiro atoms. The monoisotopic (exact) mass is 264 g/mol. The van der Waals surface area contributed by atoms with Crippen LogP contribution in [0, 0.1) is 0 Å². The Labute approximate surface area is 117 Å². The van der Waals surface area contributed by atoms with Gasteiger partial charge >= 0.3 is 0 Å². The minimum Gasteiger partial charge on any atom is -0.399 e. The average molecular weight is 264 g/mol. The normalized spacial score (nSPS) is 12.2. The largest absolute Gasteiger partial charge is 0.399 e. The van der Waals surface area contributed by atoms with E-state index in [1.807, 2.05) is 42.5 Å². The average Bonchev–Trinajstić information content (AvgIpc) is 2.48. The third kappa shape index (κ3) is 2.54. The number of rotatable bonds is 3. The first-order valence-electron chi connectivity index (χ1n) is 6.55. The second-order valence-corrected chi connectivity index (χ2v) is 4.80. The predicted molar refractivity (Wildman–Crippen MR) is 82.4 cm³/mol. The Morgan fingerprint density at radius 2 is 1.85 bits per heavy atom. The van der Waals surface area contributed by atoms with Gasteiger partial charge in [-0.15, -0.1) is 0 Å². The van der Waals surface area contributed by atoms with Crippen molar-refractivity contribution in [3.8, 4) is 0 Å². The fourth-order valence-corrected chi connectivity index (χ4v) is 2.18. The van der Waals surface area contributed by atoms with Gasteiger partial charge in [-0.2, -0.15) is 0 Å². The van der Waals surface area contributed by atoms with E-state index in [4.69, 9.17) is 5.73 Å². The molecule has 1 atom stereocenters. The highest BCUT2D eigenvalue weighted by Gasteiger charge is 2.06. The van der Waals surface area contributed by atoms with E-state index in [0.29, 0.717) is 0 Å². The Kier molecular flexibility index (Phi) is 3.21. The van der Waals surface area contributed by atoms with E-state index in [9.17, 15) is 0 Å². The molecule has 0 aliphatic carbocycles. The molecule has 0 saturated heterocycles. The van der Waals surface area contributed by atoms with Crippen LogP contribution in [-0.2, 0) is 0 Å². The minimum absolute atomic E-state index is 0.178. The van der Waals surface area contributed by atoms with Crippen LogP contribution in [0.1, 0.15) is 18.5 Å². The lowest BCUT2D eigenvalue weighted by Gasteiger charge is -2.15. The van der Waals surface area contributed by atoms with Gasteiger partial charge in [-0.3, -0.25) is 4.98 Å². The summed E-state index contributed by atoms with van der Waals surface area (Å²) >= 11 is 0. The lowest BCUT2D eigenvalue weighted by molar-refractivity contribution is 0.873. The van der Waals surface area contributed by atoms with Gasteiger partial charge in [0.2, 0.25) is 0 Å². The standard InChI is InChI=1S/C16H16N4/c1-11(12-6-8-18-9-7-12)19-16-5-2-13-10-14(17)3-4-15(13)20-16/h2-11H,17H2,1H3,(H,19,20). The van der Waals surface area contributed by atoms with Gasteiger partial charge in [-0.25, -0.2) is 4.98 Å². The van der Waals surface area contributed by atoms with E-state index in [0.717, 1.165) is 22.4 Å². The van der Waals surface area contributed by atoms with Crippen LogP contribution in [0.5, 0.6) is 0 Å². The topological polar surface area (TPSA) is 63.8 Å². The van der Waals surface area contributed by atoms with E-state index in [1.165, 1.54) is 5.56 Å². The summed E-state index contributed by atoms with van der Waals surface area (Å²) in [6.07, 6.45) is 3.59. The SMILES string of the molecule is CC(Nc1ccc2cc(N)ccc2n1)c1ccncc1. The molecule has 0 amide bonds. The van der Waals surface area contributed by atoms with E-state index in [-0.39, 0.29) is 6.04 Å². The molecule has 0 bridgehead atoms. The van der Waals surface area contributed by atoms with Gasteiger partial charge in [0.1, 0.15) is 5.82 Å². The number of nitrogen functional groups attached to an aromatic ring is 1. The van der Waals surface area contributed by atoms with Crippen molar-refractivity contribution < 1.29 is 0 Å². The van der Waals surface area contributed by atoms with Gasteiger partial charge in [-0.1, -0.05) is 0 Å². The Morgan fingerprint density at radius 1 is 1.05 bits per heavy atom. The summed E-state index contributed by atoms with van der Waals surface area (Å²) in [6.45, 7) is 2.10. The van der Waals surface area contributed by atoms with Crippen LogP contribution in [-0.4, -0.2) is 9.97 Å². The number of hydrogen-bond donors (Lipinski definition) is 2. The fraction of sp³-hybridized carbons (Fsp3) is 0.125. The van der Waals surface area contributed by atoms with Gasteiger partial charge in [-0.05, 0) is 55.0 Å². The quantitative estimate of drug-likeness (QED) is 0.712. The maximum absolute atomic E-state index is 5.77. The highest BCUT2D eigenvalue weighted by Crippen LogP contribution is 2.21. The van der Waals surface area contributed by atoms with Crippen LogP contribution in [0.3, 0.4) is 0 Å². The Hall–Kier alpha value is -2.62. The van der Waals surface area contributed by atoms with Crippen molar-refractivity contribution >= 4 is 22.4 Å². The maximum Gasteiger partial charge on any atom is 0.127 e. The predicted octanol–water partition coefficient (Wildman–Crippen LogP) is 3.39. The van der Waals surface area contributed by atoms with E-state index >= 15 is 0 Å². The molecule has 0 aliphatic heterocycles. The smallest absolute Gasteiger partial charge is 0.127 e. The third-order valence-corrected chi connectivity index (χ3v) is 3.28. The first kappa shape index (κ1) is 12.4. The summed E-state index contributed by atoms with van der Waals surface area (Å²) in [5, 5.41) is 4.44. The zero-order valence-corrected chi connectivity index (χ0v) is 11.2. The third-order valence-electron chi connectivity index (χ3n) is 3.28. The number of pyridine rings is 2. The van der Waals surface area contributed by atoms with Crippen molar-refractivity contribution in [3.63, 3.8) is 0 Å². The van der Waals surface area contributed by atoms with Gasteiger partial charge in [0.25, 0.3) is 0 Å². The number of hydrogen-bond acceptors (Lipinski definition) is 4. The zero-order chi connectivity index (χ0) is 13.9. The number of anilines is 2. The molecule has 0 radical (unpaired) electrons. The van der Waals surface area contributed by atoms with Crippen LogP contribution in [0.2, 0.25) is 0 Å². The molecule has 2 heterocycles. The fourth-order valence-electron chi connectivity index (χ4n) is 2.18. The van der Waals surface area contributed by atoms with Crippen LogP contribution in [0.4, 0.5) is 11.5 Å². The minimum atomic E-state index is 0.178. The van der Waals surface area contributed by atoms with Crippen LogP contribution in [0.25, 0.3) is 10.9 Å². The summed E-state index contributed by atoms with van der Waals surface area (Å²) in [4.78, 5) is 8.63. The van der Waals surface area contributed by atoms with Gasteiger partial charge in [0.05, 0.1) is 11.6 Å². The molecule has 0 aliphatic rings. The molecule has 3 rings (SSSR count). The lowest BCUT2D eigenvalue weighted by atomic mass is 10.1. The number of benzene rings is 1. The molecule has 100 valence electrons. The molecule has 3 aromatic rings. The Balaban J connectivity index is 1.86. The second-order valence-electron chi connectivity index (χ2n) is 4.80. The lowest BCUT2D eigenvalue weighted by Crippen LogP contribution is -2.07. The number of nitrogens with zero attached hydrogens (tertiary/aromatic N) is 2. The number of fused-ring (bicyclic) bond motifs is 1. The van der Waals surface area contributed by atoms with Gasteiger partial charge in [0.15, 0.2) is 0 Å². The first-order valence-corrected chi connectivity index (χ1v) is 6.55. The molecule has 3 N–H and O–H groups in total. The Bertz CT molecular complexity index is 725. The summed E-state index contributed by atoms with van der Waals surface area (Å²) in [5.74, 6) is 0.853. The highest BCUT2D eigenvalue weighted by molar-refractivity contribution is 5.83. The number of nitrogens with one attached hydrogen (secondary N) is 1. The first-order chi connectivity index (χ1) is 9.72. The molecule has 0 fully saturated rings. The molecule has 4 nitrogen and oxygen atoms in total. The summed E-state index contributed by atoms with van der Waals surface area (Å²) < 4.78 is 0. The highest BCUT2D eigenvalue weighted by atomic mass is 15.0. The van der Waals surface area contributed by atoms with Crippen molar-refractivity contribution in [1.29, 1.82) is 0 Å². The number of nitrogens with two attached hydrogens (primary N) is 1. The molecular weight excluding hydrogens is 248 g/mol. The summed E-state index contributed by atoms with van der Waals surface area (Å²) in [6, 6.07) is 13.9. The van der Waals surface area contributed by atoms with Crippen molar-refractivity contribution in [1.82, 2.24) is 9.97 Å². The van der Waals surface area contributed by atoms with Crippen LogP contribution in [0.15, 0.2) is 54.9 Å². The van der Waals surface area contributed by atoms with Crippen molar-refractivity contribution in [2.45, 2.75) is 13.0 Å². The molecule has 2 aromatic heterocycles. The zero-order valence-electron chi connectivity index (χ0n) is 11.2. The van der Waals surface area contributed by atoms with Crippen molar-refractivity contribution in [2.75, 3.05) is 11.1 Å². The molecule has 20 heavy (non-hydrogen) atoms. The molecule has 4 heteroatoms. The molecule has 0 saturated carbocycles. The molecular formula is C16H16N4. The van der Waals surface area contributed by atoms with Gasteiger partial charge in [0, 0.05) is 23.5 Å². The van der Waals surface area contributed by atoms with E-state index < -0.39 is 0 Å². The molecule has 1 unspecified atom stereocenters. The van der Waals surface area contributed by atoms with Gasteiger partial charge < -0.3 is 11.1 Å². The summed E-state index contributed by atoms with van der Waals surface area (Å²) in [5.41, 5.74) is 8.64. The van der Waals surface area contributed by atoms with E-state index in [1.54, 1.807) is 12.4 Å². The van der Waals surface area contributed by atoms with Crippen LogP contribution < -0.4 is 11.1 Å².